The summed E-state index contributed by atoms with van der Waals surface area (Å²) < 4.78 is 0. The molecule has 1 amide bonds. The van der Waals surface area contributed by atoms with Crippen LogP contribution in [0.2, 0.25) is 0 Å². The Morgan fingerprint density at radius 1 is 1.33 bits per heavy atom. The van der Waals surface area contributed by atoms with Crippen LogP contribution in [0.3, 0.4) is 0 Å². The third-order valence-corrected chi connectivity index (χ3v) is 4.30. The van der Waals surface area contributed by atoms with Gasteiger partial charge in [-0.05, 0) is 55.9 Å². The molecule has 1 saturated carbocycles. The Balaban J connectivity index is 2.33. The number of amides is 1. The summed E-state index contributed by atoms with van der Waals surface area (Å²) in [7, 11) is 1.74. The van der Waals surface area contributed by atoms with Gasteiger partial charge < -0.3 is 15.8 Å². The molecule has 0 radical (unpaired) electrons. The molecule has 1 aromatic rings. The highest BCUT2D eigenvalue weighted by Gasteiger charge is 2.53. The number of hydrogen-bond acceptors (Lipinski definition) is 3. The number of amidine groups is 1. The minimum absolute atomic E-state index is 0.0156. The Morgan fingerprint density at radius 2 is 1.86 bits per heavy atom. The highest BCUT2D eigenvalue weighted by atomic mass is 16.4. The molecule has 0 heterocycles. The van der Waals surface area contributed by atoms with Crippen LogP contribution in [0.4, 0.5) is 5.69 Å². The van der Waals surface area contributed by atoms with Gasteiger partial charge in [-0.15, -0.1) is 0 Å². The Kier molecular flexibility index (Phi) is 3.94. The number of nitrogens with zero attached hydrogens (tertiary/aromatic N) is 2. The molecule has 1 fully saturated rings. The zero-order chi connectivity index (χ0) is 15.8. The lowest BCUT2D eigenvalue weighted by molar-refractivity contribution is -0.130. The van der Waals surface area contributed by atoms with E-state index in [9.17, 15) is 4.79 Å². The lowest BCUT2D eigenvalue weighted by atomic mass is 9.61. The second-order valence-electron chi connectivity index (χ2n) is 6.29. The molecule has 21 heavy (non-hydrogen) atoms. The molecule has 0 aliphatic heterocycles. The van der Waals surface area contributed by atoms with Crippen molar-refractivity contribution in [3.05, 3.63) is 29.3 Å². The summed E-state index contributed by atoms with van der Waals surface area (Å²) in [6.07, 6.45) is 1.24. The van der Waals surface area contributed by atoms with E-state index in [-0.39, 0.29) is 11.7 Å². The molecule has 5 heteroatoms. The van der Waals surface area contributed by atoms with Gasteiger partial charge in [0.05, 0.1) is 0 Å². The normalized spacial score (nSPS) is 25.3. The van der Waals surface area contributed by atoms with E-state index in [0.717, 1.165) is 16.8 Å². The van der Waals surface area contributed by atoms with Gasteiger partial charge in [-0.1, -0.05) is 18.1 Å². The number of aryl methyl sites for hydroxylation is 2. The SMILES string of the molecule is Cc1cc(C)cc(N(C)C(=O)C2(/C(N)=N/O)CC(C)C2)c1. The second kappa shape index (κ2) is 5.39. The van der Waals surface area contributed by atoms with Gasteiger partial charge in [-0.25, -0.2) is 0 Å². The van der Waals surface area contributed by atoms with Crippen LogP contribution in [0.25, 0.3) is 0 Å². The summed E-state index contributed by atoms with van der Waals surface area (Å²) in [4.78, 5) is 14.5. The summed E-state index contributed by atoms with van der Waals surface area (Å²) in [5.74, 6) is 0.310. The first-order valence-corrected chi connectivity index (χ1v) is 7.14. The number of rotatable bonds is 3. The summed E-state index contributed by atoms with van der Waals surface area (Å²) in [6, 6.07) is 5.99. The molecule has 1 aliphatic carbocycles. The van der Waals surface area contributed by atoms with Crippen molar-refractivity contribution in [3.8, 4) is 0 Å². The molecule has 1 aromatic carbocycles. The van der Waals surface area contributed by atoms with E-state index >= 15 is 0 Å². The Morgan fingerprint density at radius 3 is 2.29 bits per heavy atom. The molecular weight excluding hydrogens is 266 g/mol. The number of carbonyl (C=O) groups is 1. The zero-order valence-corrected chi connectivity index (χ0v) is 13.1. The Bertz CT molecular complexity index is 569. The third-order valence-electron chi connectivity index (χ3n) is 4.30. The number of anilines is 1. The van der Waals surface area contributed by atoms with Crippen molar-refractivity contribution in [2.75, 3.05) is 11.9 Å². The monoisotopic (exact) mass is 289 g/mol. The van der Waals surface area contributed by atoms with E-state index in [2.05, 4.69) is 18.1 Å². The first-order chi connectivity index (χ1) is 9.80. The van der Waals surface area contributed by atoms with Crippen LogP contribution in [0, 0.1) is 25.2 Å². The molecule has 5 nitrogen and oxygen atoms in total. The fourth-order valence-electron chi connectivity index (χ4n) is 3.30. The van der Waals surface area contributed by atoms with Gasteiger partial charge in [-0.3, -0.25) is 4.79 Å². The minimum Gasteiger partial charge on any atom is -0.409 e. The van der Waals surface area contributed by atoms with Crippen molar-refractivity contribution in [2.45, 2.75) is 33.6 Å². The number of hydrogen-bond donors (Lipinski definition) is 2. The summed E-state index contributed by atoms with van der Waals surface area (Å²) >= 11 is 0. The molecular formula is C16H23N3O2. The summed E-state index contributed by atoms with van der Waals surface area (Å²) in [5.41, 5.74) is 7.98. The second-order valence-corrected chi connectivity index (χ2v) is 6.29. The van der Waals surface area contributed by atoms with Crippen LogP contribution in [-0.2, 0) is 4.79 Å². The maximum Gasteiger partial charge on any atom is 0.240 e. The lowest BCUT2D eigenvalue weighted by Crippen LogP contribution is -2.57. The molecule has 0 atom stereocenters. The number of nitrogens with two attached hydrogens (primary N) is 1. The average molecular weight is 289 g/mol. The van der Waals surface area contributed by atoms with Crippen LogP contribution < -0.4 is 10.6 Å². The predicted octanol–water partition coefficient (Wildman–Crippen LogP) is 2.43. The van der Waals surface area contributed by atoms with Gasteiger partial charge in [0.1, 0.15) is 5.41 Å². The van der Waals surface area contributed by atoms with Gasteiger partial charge in [0.25, 0.3) is 0 Å². The van der Waals surface area contributed by atoms with Gasteiger partial charge in [0.2, 0.25) is 5.91 Å². The Labute approximate surface area is 125 Å². The maximum atomic E-state index is 12.9. The van der Waals surface area contributed by atoms with Crippen molar-refractivity contribution in [2.24, 2.45) is 22.2 Å². The van der Waals surface area contributed by atoms with Crippen molar-refractivity contribution >= 4 is 17.4 Å². The molecule has 1 aliphatic rings. The standard InChI is InChI=1S/C16H23N3O2/c1-10-5-11(2)7-13(6-10)19(4)15(20)16(14(17)18-21)8-12(3)9-16/h5-7,12,21H,8-9H2,1-4H3,(H2,17,18). The van der Waals surface area contributed by atoms with Gasteiger partial charge in [0.15, 0.2) is 5.84 Å². The van der Waals surface area contributed by atoms with Crippen molar-refractivity contribution in [3.63, 3.8) is 0 Å². The number of carbonyl (C=O) groups excluding carboxylic acids is 1. The van der Waals surface area contributed by atoms with E-state index < -0.39 is 5.41 Å². The molecule has 2 rings (SSSR count). The zero-order valence-electron chi connectivity index (χ0n) is 13.1. The molecule has 0 spiro atoms. The smallest absolute Gasteiger partial charge is 0.240 e. The number of benzene rings is 1. The van der Waals surface area contributed by atoms with Crippen LogP contribution >= 0.6 is 0 Å². The van der Waals surface area contributed by atoms with Crippen molar-refractivity contribution in [1.82, 2.24) is 0 Å². The first kappa shape index (κ1) is 15.4. The summed E-state index contributed by atoms with van der Waals surface area (Å²) in [6.45, 7) is 6.06. The average Bonchev–Trinajstić information content (AvgIpc) is 2.40. The summed E-state index contributed by atoms with van der Waals surface area (Å²) in [5, 5.41) is 12.1. The lowest BCUT2D eigenvalue weighted by Gasteiger charge is -2.45. The first-order valence-electron chi connectivity index (χ1n) is 7.14. The molecule has 3 N–H and O–H groups in total. The third kappa shape index (κ3) is 2.60. The van der Waals surface area contributed by atoms with Crippen LogP contribution in [0.1, 0.15) is 30.9 Å². The fourth-order valence-corrected chi connectivity index (χ4v) is 3.30. The van der Waals surface area contributed by atoms with E-state index in [1.807, 2.05) is 26.0 Å². The Hall–Kier alpha value is -2.04. The van der Waals surface area contributed by atoms with E-state index in [1.165, 1.54) is 0 Å². The molecule has 114 valence electrons. The highest BCUT2D eigenvalue weighted by Crippen LogP contribution is 2.47. The largest absolute Gasteiger partial charge is 0.409 e. The van der Waals surface area contributed by atoms with Crippen molar-refractivity contribution in [1.29, 1.82) is 0 Å². The quantitative estimate of drug-likeness (QED) is 0.388. The van der Waals surface area contributed by atoms with E-state index in [4.69, 9.17) is 10.9 Å². The number of oxime groups is 1. The fraction of sp³-hybridized carbons (Fsp3) is 0.500. The highest BCUT2D eigenvalue weighted by molar-refractivity contribution is 6.13. The van der Waals surface area contributed by atoms with Crippen LogP contribution in [-0.4, -0.2) is 24.0 Å². The van der Waals surface area contributed by atoms with Gasteiger partial charge in [-0.2, -0.15) is 0 Å². The molecule has 0 saturated heterocycles. The van der Waals surface area contributed by atoms with Crippen molar-refractivity contribution < 1.29 is 10.0 Å². The van der Waals surface area contributed by atoms with Gasteiger partial charge in [0, 0.05) is 12.7 Å². The predicted molar refractivity (Wildman–Crippen MR) is 83.6 cm³/mol. The maximum absolute atomic E-state index is 12.9. The van der Waals surface area contributed by atoms with E-state index in [0.29, 0.717) is 18.8 Å². The topological polar surface area (TPSA) is 78.9 Å². The van der Waals surface area contributed by atoms with Crippen LogP contribution in [0.5, 0.6) is 0 Å². The van der Waals surface area contributed by atoms with E-state index in [1.54, 1.807) is 11.9 Å². The van der Waals surface area contributed by atoms with Gasteiger partial charge >= 0.3 is 0 Å². The molecule has 0 unspecified atom stereocenters. The minimum atomic E-state index is -0.861. The molecule has 0 aromatic heterocycles. The van der Waals surface area contributed by atoms with Crippen LogP contribution in [0.15, 0.2) is 23.4 Å². The molecule has 0 bridgehead atoms.